The minimum absolute atomic E-state index is 0.141. The summed E-state index contributed by atoms with van der Waals surface area (Å²) in [7, 11) is -3.28. The van der Waals surface area contributed by atoms with Crippen LogP contribution in [-0.2, 0) is 29.5 Å². The van der Waals surface area contributed by atoms with Gasteiger partial charge in [0.15, 0.2) is 0 Å². The van der Waals surface area contributed by atoms with Gasteiger partial charge in [-0.2, -0.15) is 0 Å². The molecule has 0 atom stereocenters. The molecule has 160 valence electrons. The average molecular weight is 429 g/mol. The first kappa shape index (κ1) is 20.9. The van der Waals surface area contributed by atoms with Gasteiger partial charge in [-0.25, -0.2) is 8.42 Å². The van der Waals surface area contributed by atoms with E-state index in [1.54, 1.807) is 23.1 Å². The van der Waals surface area contributed by atoms with Crippen molar-refractivity contribution in [2.75, 3.05) is 30.2 Å². The van der Waals surface area contributed by atoms with Gasteiger partial charge < -0.3 is 10.2 Å². The van der Waals surface area contributed by atoms with Crippen LogP contribution < -0.4 is 14.5 Å². The van der Waals surface area contributed by atoms with E-state index in [1.165, 1.54) is 48.5 Å². The molecule has 2 aliphatic heterocycles. The summed E-state index contributed by atoms with van der Waals surface area (Å²) in [5.41, 5.74) is 4.56. The van der Waals surface area contributed by atoms with Crippen molar-refractivity contribution in [3.63, 3.8) is 0 Å². The maximum Gasteiger partial charge on any atom is 0.251 e. The van der Waals surface area contributed by atoms with Gasteiger partial charge in [-0.15, -0.1) is 0 Å². The molecular weight excluding hydrogens is 398 g/mol. The summed E-state index contributed by atoms with van der Waals surface area (Å²) in [6.45, 7) is 4.51. The Morgan fingerprint density at radius 3 is 2.43 bits per heavy atom. The zero-order chi connectivity index (χ0) is 21.1. The van der Waals surface area contributed by atoms with Crippen LogP contribution in [0.1, 0.15) is 46.3 Å². The van der Waals surface area contributed by atoms with E-state index in [0.717, 1.165) is 17.7 Å². The molecule has 0 aromatic heterocycles. The standard InChI is InChI=1S/C23H29N3O3S/c1-30(28,29)26-14-11-20-15-21(9-10-22(20)26)23(27)24-16-18-5-7-19(8-6-18)17-25-12-3-2-4-13-25/h5-10,15H,2-4,11-14,16-17H2,1H3,(H,24,27)/p+1. The third-order valence-corrected chi connectivity index (χ3v) is 7.27. The van der Waals surface area contributed by atoms with Gasteiger partial charge in [-0.1, -0.05) is 24.3 Å². The first-order valence-corrected chi connectivity index (χ1v) is 12.6. The quantitative estimate of drug-likeness (QED) is 0.733. The van der Waals surface area contributed by atoms with Crippen LogP contribution in [0.4, 0.5) is 5.69 Å². The Kier molecular flexibility index (Phi) is 6.11. The van der Waals surface area contributed by atoms with Crippen LogP contribution >= 0.6 is 0 Å². The van der Waals surface area contributed by atoms with Gasteiger partial charge in [0.05, 0.1) is 25.0 Å². The zero-order valence-corrected chi connectivity index (χ0v) is 18.3. The van der Waals surface area contributed by atoms with Crippen LogP contribution in [0, 0.1) is 0 Å². The van der Waals surface area contributed by atoms with Gasteiger partial charge in [-0.05, 0) is 55.0 Å². The van der Waals surface area contributed by atoms with Crippen molar-refractivity contribution in [1.82, 2.24) is 5.32 Å². The Morgan fingerprint density at radius 2 is 1.73 bits per heavy atom. The van der Waals surface area contributed by atoms with Crippen LogP contribution in [0.25, 0.3) is 0 Å². The molecule has 30 heavy (non-hydrogen) atoms. The average Bonchev–Trinajstić information content (AvgIpc) is 3.17. The van der Waals surface area contributed by atoms with E-state index in [2.05, 4.69) is 29.6 Å². The molecular formula is C23H30N3O3S+. The van der Waals surface area contributed by atoms with E-state index in [9.17, 15) is 13.2 Å². The lowest BCUT2D eigenvalue weighted by molar-refractivity contribution is -0.918. The van der Waals surface area contributed by atoms with Gasteiger partial charge in [0.25, 0.3) is 5.91 Å². The number of amides is 1. The van der Waals surface area contributed by atoms with Crippen molar-refractivity contribution in [3.8, 4) is 0 Å². The number of benzene rings is 2. The summed E-state index contributed by atoms with van der Waals surface area (Å²) >= 11 is 0. The first-order valence-electron chi connectivity index (χ1n) is 10.7. The van der Waals surface area contributed by atoms with Gasteiger partial charge in [0, 0.05) is 24.2 Å². The number of hydrogen-bond donors (Lipinski definition) is 2. The van der Waals surface area contributed by atoms with Gasteiger partial charge in [0.1, 0.15) is 6.54 Å². The molecule has 2 aromatic rings. The fourth-order valence-corrected chi connectivity index (χ4v) is 5.39. The zero-order valence-electron chi connectivity index (χ0n) is 17.5. The lowest BCUT2D eigenvalue weighted by Crippen LogP contribution is -3.11. The van der Waals surface area contributed by atoms with Crippen molar-refractivity contribution in [3.05, 3.63) is 64.7 Å². The molecule has 0 aliphatic carbocycles. The Bertz CT molecular complexity index is 1010. The minimum atomic E-state index is -3.28. The lowest BCUT2D eigenvalue weighted by atomic mass is 10.1. The molecule has 1 amide bonds. The number of nitrogens with zero attached hydrogens (tertiary/aromatic N) is 1. The van der Waals surface area contributed by atoms with E-state index in [0.29, 0.717) is 30.8 Å². The number of rotatable bonds is 6. The molecule has 0 unspecified atom stereocenters. The molecule has 0 radical (unpaired) electrons. The molecule has 0 spiro atoms. The Morgan fingerprint density at radius 1 is 1.03 bits per heavy atom. The van der Waals surface area contributed by atoms with E-state index in [-0.39, 0.29) is 5.91 Å². The summed E-state index contributed by atoms with van der Waals surface area (Å²) in [4.78, 5) is 14.2. The van der Waals surface area contributed by atoms with Crippen LogP contribution in [-0.4, -0.2) is 40.2 Å². The van der Waals surface area contributed by atoms with E-state index >= 15 is 0 Å². The van der Waals surface area contributed by atoms with Crippen molar-refractivity contribution in [1.29, 1.82) is 0 Å². The highest BCUT2D eigenvalue weighted by Gasteiger charge is 2.26. The number of fused-ring (bicyclic) bond motifs is 1. The number of quaternary nitrogens is 1. The van der Waals surface area contributed by atoms with E-state index in [1.807, 2.05) is 0 Å². The van der Waals surface area contributed by atoms with Crippen molar-refractivity contribution in [2.24, 2.45) is 0 Å². The Hall–Kier alpha value is -2.38. The fraction of sp³-hybridized carbons (Fsp3) is 0.435. The number of likely N-dealkylation sites (tertiary alicyclic amines) is 1. The normalized spacial score (nSPS) is 17.0. The number of carbonyl (C=O) groups is 1. The number of sulfonamides is 1. The third-order valence-electron chi connectivity index (χ3n) is 6.09. The van der Waals surface area contributed by atoms with Crippen molar-refractivity contribution >= 4 is 21.6 Å². The van der Waals surface area contributed by atoms with Gasteiger partial charge >= 0.3 is 0 Å². The number of carbonyl (C=O) groups excluding carboxylic acids is 1. The molecule has 7 heteroatoms. The molecule has 6 nitrogen and oxygen atoms in total. The lowest BCUT2D eigenvalue weighted by Gasteiger charge is -2.23. The topological polar surface area (TPSA) is 70.9 Å². The molecule has 0 bridgehead atoms. The van der Waals surface area contributed by atoms with E-state index < -0.39 is 10.0 Å². The second-order valence-corrected chi connectivity index (χ2v) is 10.3. The fourth-order valence-electron chi connectivity index (χ4n) is 4.43. The summed E-state index contributed by atoms with van der Waals surface area (Å²) in [6, 6.07) is 13.7. The second kappa shape index (κ2) is 8.78. The van der Waals surface area contributed by atoms with Crippen LogP contribution in [0.15, 0.2) is 42.5 Å². The second-order valence-electron chi connectivity index (χ2n) is 8.42. The highest BCUT2D eigenvalue weighted by atomic mass is 32.2. The molecule has 2 aromatic carbocycles. The highest BCUT2D eigenvalue weighted by Crippen LogP contribution is 2.30. The Balaban J connectivity index is 1.33. The summed E-state index contributed by atoms with van der Waals surface area (Å²) in [6.07, 6.45) is 5.86. The molecule has 2 heterocycles. The molecule has 1 saturated heterocycles. The first-order chi connectivity index (χ1) is 14.4. The summed E-state index contributed by atoms with van der Waals surface area (Å²) in [5.74, 6) is -0.141. The van der Waals surface area contributed by atoms with Crippen LogP contribution in [0.3, 0.4) is 0 Å². The molecule has 4 rings (SSSR count). The monoisotopic (exact) mass is 428 g/mol. The molecule has 2 aliphatic rings. The Labute approximate surface area is 178 Å². The van der Waals surface area contributed by atoms with Crippen molar-refractivity contribution in [2.45, 2.75) is 38.8 Å². The predicted molar refractivity (Wildman–Crippen MR) is 118 cm³/mol. The number of anilines is 1. The van der Waals surface area contributed by atoms with Gasteiger partial charge in [-0.3, -0.25) is 9.10 Å². The number of piperidine rings is 1. The van der Waals surface area contributed by atoms with Gasteiger partial charge in [0.2, 0.25) is 10.0 Å². The minimum Gasteiger partial charge on any atom is -0.348 e. The maximum atomic E-state index is 12.6. The smallest absolute Gasteiger partial charge is 0.251 e. The summed E-state index contributed by atoms with van der Waals surface area (Å²) in [5, 5.41) is 2.97. The van der Waals surface area contributed by atoms with E-state index in [4.69, 9.17) is 0 Å². The molecule has 1 fully saturated rings. The molecule has 0 saturated carbocycles. The maximum absolute atomic E-state index is 12.6. The number of hydrogen-bond acceptors (Lipinski definition) is 3. The largest absolute Gasteiger partial charge is 0.348 e. The summed E-state index contributed by atoms with van der Waals surface area (Å²) < 4.78 is 25.1. The van der Waals surface area contributed by atoms with Crippen molar-refractivity contribution < 1.29 is 18.1 Å². The SMILES string of the molecule is CS(=O)(=O)N1CCc2cc(C(=O)NCc3ccc(C[NH+]4CCCCC4)cc3)ccc21. The predicted octanol–water partition coefficient (Wildman–Crippen LogP) is 1.51. The highest BCUT2D eigenvalue weighted by molar-refractivity contribution is 7.92. The van der Waals surface area contributed by atoms with Crippen LogP contribution in [0.5, 0.6) is 0 Å². The van der Waals surface area contributed by atoms with Crippen LogP contribution in [0.2, 0.25) is 0 Å². The third kappa shape index (κ3) is 4.84. The molecule has 2 N–H and O–H groups in total. The number of nitrogens with one attached hydrogen (secondary N) is 2.